The minimum Gasteiger partial charge on any atom is -0.489 e. The normalized spacial score (nSPS) is 10.9. The van der Waals surface area contributed by atoms with Crippen molar-refractivity contribution < 1.29 is 4.74 Å². The average Bonchev–Trinajstić information content (AvgIpc) is 3.27. The second kappa shape index (κ2) is 9.08. The molecule has 0 unspecified atom stereocenters. The molecule has 0 aliphatic carbocycles. The molecule has 158 valence electrons. The van der Waals surface area contributed by atoms with Gasteiger partial charge in [-0.25, -0.2) is 9.97 Å². The predicted molar refractivity (Wildman–Crippen MR) is 126 cm³/mol. The van der Waals surface area contributed by atoms with Crippen molar-refractivity contribution in [2.75, 3.05) is 5.32 Å². The average molecular weight is 442 g/mol. The van der Waals surface area contributed by atoms with Crippen LogP contribution in [-0.2, 0) is 13.2 Å². The van der Waals surface area contributed by atoms with Gasteiger partial charge in [0.25, 0.3) is 0 Å². The van der Waals surface area contributed by atoms with E-state index in [2.05, 4.69) is 32.5 Å². The summed E-state index contributed by atoms with van der Waals surface area (Å²) in [5.74, 6) is 1.54. The van der Waals surface area contributed by atoms with Gasteiger partial charge in [0, 0.05) is 23.3 Å². The molecule has 6 nitrogen and oxygen atoms in total. The number of nitrogens with one attached hydrogen (secondary N) is 1. The SMILES string of the molecule is Clc1ccc(Nc2nccc3cc(OCc4cnn(Cc5ccccc5)c4)ccc23)cn1. The van der Waals surface area contributed by atoms with Crippen LogP contribution < -0.4 is 10.1 Å². The molecular formula is C25H20ClN5O. The maximum Gasteiger partial charge on any atom is 0.138 e. The van der Waals surface area contributed by atoms with Gasteiger partial charge in [0.2, 0.25) is 0 Å². The lowest BCUT2D eigenvalue weighted by atomic mass is 10.1. The van der Waals surface area contributed by atoms with Crippen LogP contribution in [0.3, 0.4) is 0 Å². The molecule has 0 atom stereocenters. The van der Waals surface area contributed by atoms with Gasteiger partial charge < -0.3 is 10.1 Å². The lowest BCUT2D eigenvalue weighted by Gasteiger charge is -2.10. The van der Waals surface area contributed by atoms with Crippen LogP contribution in [-0.4, -0.2) is 19.7 Å². The fraction of sp³-hybridized carbons (Fsp3) is 0.0800. The second-order valence-corrected chi connectivity index (χ2v) is 7.74. The number of aromatic nitrogens is 4. The molecule has 0 bridgehead atoms. The van der Waals surface area contributed by atoms with E-state index in [0.29, 0.717) is 11.8 Å². The minimum absolute atomic E-state index is 0.451. The van der Waals surface area contributed by atoms with Crippen LogP contribution >= 0.6 is 11.6 Å². The molecule has 3 heterocycles. The van der Waals surface area contributed by atoms with Crippen molar-refractivity contribution in [2.45, 2.75) is 13.2 Å². The fourth-order valence-corrected chi connectivity index (χ4v) is 3.55. The summed E-state index contributed by atoms with van der Waals surface area (Å²) in [6, 6.07) is 21.8. The van der Waals surface area contributed by atoms with Crippen molar-refractivity contribution >= 4 is 33.9 Å². The number of hydrogen-bond acceptors (Lipinski definition) is 5. The van der Waals surface area contributed by atoms with Crippen molar-refractivity contribution in [1.82, 2.24) is 19.7 Å². The van der Waals surface area contributed by atoms with Crippen LogP contribution in [0.2, 0.25) is 5.15 Å². The molecule has 7 heteroatoms. The first kappa shape index (κ1) is 20.0. The van der Waals surface area contributed by atoms with Gasteiger partial charge in [-0.1, -0.05) is 41.9 Å². The maximum atomic E-state index is 6.02. The second-order valence-electron chi connectivity index (χ2n) is 7.36. The van der Waals surface area contributed by atoms with Crippen LogP contribution in [0, 0.1) is 0 Å². The number of anilines is 2. The highest BCUT2D eigenvalue weighted by Crippen LogP contribution is 2.28. The molecular weight excluding hydrogens is 422 g/mol. The first-order valence-corrected chi connectivity index (χ1v) is 10.6. The molecule has 0 amide bonds. The highest BCUT2D eigenvalue weighted by molar-refractivity contribution is 6.29. The Kier molecular flexibility index (Phi) is 5.68. The summed E-state index contributed by atoms with van der Waals surface area (Å²) < 4.78 is 7.94. The zero-order valence-corrected chi connectivity index (χ0v) is 17.9. The third-order valence-corrected chi connectivity index (χ3v) is 5.23. The summed E-state index contributed by atoms with van der Waals surface area (Å²) in [6.07, 6.45) is 7.31. The van der Waals surface area contributed by atoms with Gasteiger partial charge in [-0.2, -0.15) is 5.10 Å². The lowest BCUT2D eigenvalue weighted by molar-refractivity contribution is 0.306. The lowest BCUT2D eigenvalue weighted by Crippen LogP contribution is -1.99. The molecule has 0 spiro atoms. The summed E-state index contributed by atoms with van der Waals surface area (Å²) in [6.45, 7) is 1.19. The molecule has 0 saturated carbocycles. The molecule has 3 aromatic heterocycles. The number of fused-ring (bicyclic) bond motifs is 1. The maximum absolute atomic E-state index is 6.02. The highest BCUT2D eigenvalue weighted by Gasteiger charge is 2.06. The molecule has 5 aromatic rings. The summed E-state index contributed by atoms with van der Waals surface area (Å²) in [5.41, 5.74) is 3.06. The van der Waals surface area contributed by atoms with Gasteiger partial charge in [0.05, 0.1) is 24.6 Å². The summed E-state index contributed by atoms with van der Waals surface area (Å²) in [7, 11) is 0. The number of benzene rings is 2. The molecule has 0 aliphatic rings. The fourth-order valence-electron chi connectivity index (χ4n) is 3.44. The molecule has 0 saturated heterocycles. The van der Waals surface area contributed by atoms with Crippen LogP contribution in [0.1, 0.15) is 11.1 Å². The first-order valence-electron chi connectivity index (χ1n) is 10.2. The monoisotopic (exact) mass is 441 g/mol. The minimum atomic E-state index is 0.451. The van der Waals surface area contributed by atoms with Gasteiger partial charge in [-0.05, 0) is 47.3 Å². The third kappa shape index (κ3) is 4.71. The van der Waals surface area contributed by atoms with E-state index in [1.165, 1.54) is 5.56 Å². The number of nitrogens with zero attached hydrogens (tertiary/aromatic N) is 4. The van der Waals surface area contributed by atoms with Crippen LogP contribution in [0.25, 0.3) is 10.8 Å². The molecule has 32 heavy (non-hydrogen) atoms. The third-order valence-electron chi connectivity index (χ3n) is 5.01. The van der Waals surface area contributed by atoms with Crippen LogP contribution in [0.15, 0.2) is 91.5 Å². The number of ether oxygens (including phenoxy) is 1. The Morgan fingerprint density at radius 2 is 1.81 bits per heavy atom. The Morgan fingerprint density at radius 1 is 0.906 bits per heavy atom. The Bertz CT molecular complexity index is 1340. The zero-order valence-electron chi connectivity index (χ0n) is 17.1. The smallest absolute Gasteiger partial charge is 0.138 e. The van der Waals surface area contributed by atoms with Crippen molar-refractivity contribution in [3.8, 4) is 5.75 Å². The quantitative estimate of drug-likeness (QED) is 0.321. The zero-order chi connectivity index (χ0) is 21.8. The standard InChI is InChI=1S/C25H20ClN5O/c26-24-9-6-21(14-28-24)30-25-23-8-7-22(12-20(23)10-11-27-25)32-17-19-13-29-31(16-19)15-18-4-2-1-3-5-18/h1-14,16H,15,17H2,(H,27,30). The summed E-state index contributed by atoms with van der Waals surface area (Å²) in [4.78, 5) is 8.56. The van der Waals surface area contributed by atoms with Crippen molar-refractivity contribution in [3.63, 3.8) is 0 Å². The molecule has 0 radical (unpaired) electrons. The van der Waals surface area contributed by atoms with Gasteiger partial charge in [-0.15, -0.1) is 0 Å². The number of halogens is 1. The highest BCUT2D eigenvalue weighted by atomic mass is 35.5. The predicted octanol–water partition coefficient (Wildman–Crippen LogP) is 5.85. The van der Waals surface area contributed by atoms with Crippen molar-refractivity contribution in [3.05, 3.63) is 108 Å². The van der Waals surface area contributed by atoms with Crippen LogP contribution in [0.5, 0.6) is 5.75 Å². The largest absolute Gasteiger partial charge is 0.489 e. The van der Waals surface area contributed by atoms with E-state index in [1.807, 2.05) is 65.6 Å². The molecule has 2 aromatic carbocycles. The van der Waals surface area contributed by atoms with E-state index in [0.717, 1.165) is 40.1 Å². The summed E-state index contributed by atoms with van der Waals surface area (Å²) in [5, 5.41) is 10.2. The van der Waals surface area contributed by atoms with E-state index in [1.54, 1.807) is 18.5 Å². The van der Waals surface area contributed by atoms with Crippen molar-refractivity contribution in [2.24, 2.45) is 0 Å². The van der Waals surface area contributed by atoms with E-state index >= 15 is 0 Å². The molecule has 0 aliphatic heterocycles. The molecule has 1 N–H and O–H groups in total. The number of rotatable bonds is 7. The first-order chi connectivity index (χ1) is 15.7. The van der Waals surface area contributed by atoms with Crippen LogP contribution in [0.4, 0.5) is 11.5 Å². The van der Waals surface area contributed by atoms with Gasteiger partial charge >= 0.3 is 0 Å². The Hall–Kier alpha value is -3.90. The number of pyridine rings is 2. The topological polar surface area (TPSA) is 64.9 Å². The van der Waals surface area contributed by atoms with Gasteiger partial charge in [-0.3, -0.25) is 4.68 Å². The summed E-state index contributed by atoms with van der Waals surface area (Å²) >= 11 is 5.87. The number of hydrogen-bond donors (Lipinski definition) is 1. The molecule has 5 rings (SSSR count). The Balaban J connectivity index is 1.27. The molecule has 0 fully saturated rings. The van der Waals surface area contributed by atoms with Gasteiger partial charge in [0.1, 0.15) is 23.3 Å². The van der Waals surface area contributed by atoms with Crippen molar-refractivity contribution in [1.29, 1.82) is 0 Å². The van der Waals surface area contributed by atoms with E-state index in [-0.39, 0.29) is 0 Å². The van der Waals surface area contributed by atoms with E-state index in [9.17, 15) is 0 Å². The Labute approximate surface area is 190 Å². The van der Waals surface area contributed by atoms with E-state index in [4.69, 9.17) is 16.3 Å². The Morgan fingerprint density at radius 3 is 2.66 bits per heavy atom. The van der Waals surface area contributed by atoms with E-state index < -0.39 is 0 Å². The van der Waals surface area contributed by atoms with Gasteiger partial charge in [0.15, 0.2) is 0 Å².